The van der Waals surface area contributed by atoms with Gasteiger partial charge in [-0.05, 0) is 59.9 Å². The second kappa shape index (κ2) is 8.70. The van der Waals surface area contributed by atoms with E-state index in [2.05, 4.69) is 53.2 Å². The second-order valence-electron chi connectivity index (χ2n) is 7.80. The van der Waals surface area contributed by atoms with Gasteiger partial charge in [0, 0.05) is 25.2 Å². The smallest absolute Gasteiger partial charge is 0.216 e. The molecule has 0 aromatic carbocycles. The van der Waals surface area contributed by atoms with Crippen molar-refractivity contribution in [1.29, 1.82) is 0 Å². The molecule has 0 radical (unpaired) electrons. The third kappa shape index (κ3) is 5.73. The molecule has 0 spiro atoms. The molecule has 1 aromatic rings. The van der Waals surface area contributed by atoms with E-state index in [1.807, 2.05) is 13.8 Å². The highest BCUT2D eigenvalue weighted by atomic mass is 16.4. The van der Waals surface area contributed by atoms with Crippen molar-refractivity contribution in [1.82, 2.24) is 20.5 Å². The van der Waals surface area contributed by atoms with Gasteiger partial charge < -0.3 is 15.1 Å². The summed E-state index contributed by atoms with van der Waals surface area (Å²) in [5.41, 5.74) is 1.03. The molecule has 2 N–H and O–H groups in total. The molecule has 1 aromatic heterocycles. The lowest BCUT2D eigenvalue weighted by atomic mass is 9.93. The molecule has 2 rings (SSSR count). The van der Waals surface area contributed by atoms with Crippen LogP contribution in [-0.2, 0) is 6.54 Å². The van der Waals surface area contributed by atoms with Crippen molar-refractivity contribution in [2.75, 3.05) is 26.2 Å². The molecule has 1 fully saturated rings. The lowest BCUT2D eigenvalue weighted by molar-refractivity contribution is 0.0739. The number of nitrogens with one attached hydrogen (secondary N) is 2. The third-order valence-electron chi connectivity index (χ3n) is 4.99. The van der Waals surface area contributed by atoms with E-state index in [-0.39, 0.29) is 5.54 Å². The average molecular weight is 350 g/mol. The van der Waals surface area contributed by atoms with Gasteiger partial charge in [-0.3, -0.25) is 4.90 Å². The largest absolute Gasteiger partial charge is 0.444 e. The number of guanidine groups is 1. The number of rotatable bonds is 6. The van der Waals surface area contributed by atoms with Crippen LogP contribution < -0.4 is 10.6 Å². The summed E-state index contributed by atoms with van der Waals surface area (Å²) < 4.78 is 5.61. The van der Waals surface area contributed by atoms with E-state index >= 15 is 0 Å². The van der Waals surface area contributed by atoms with Crippen molar-refractivity contribution in [3.8, 4) is 0 Å². The van der Waals surface area contributed by atoms with Gasteiger partial charge in [0.05, 0.1) is 5.69 Å². The van der Waals surface area contributed by atoms with E-state index in [9.17, 15) is 0 Å². The molecule has 6 heteroatoms. The minimum Gasteiger partial charge on any atom is -0.444 e. The van der Waals surface area contributed by atoms with Crippen LogP contribution in [0, 0.1) is 19.8 Å². The minimum absolute atomic E-state index is 0.0982. The summed E-state index contributed by atoms with van der Waals surface area (Å²) in [4.78, 5) is 11.6. The number of aromatic nitrogens is 1. The molecule has 1 unspecified atom stereocenters. The topological polar surface area (TPSA) is 65.7 Å². The molecule has 1 saturated heterocycles. The first-order valence-electron chi connectivity index (χ1n) is 9.52. The molecular formula is C19H35N5O. The molecule has 1 atom stereocenters. The minimum atomic E-state index is 0.0982. The molecule has 0 amide bonds. The van der Waals surface area contributed by atoms with Crippen LogP contribution in [0.4, 0.5) is 0 Å². The lowest BCUT2D eigenvalue weighted by Crippen LogP contribution is -2.56. The van der Waals surface area contributed by atoms with Gasteiger partial charge in [-0.25, -0.2) is 9.98 Å². The van der Waals surface area contributed by atoms with Crippen LogP contribution in [0.5, 0.6) is 0 Å². The van der Waals surface area contributed by atoms with Crippen LogP contribution >= 0.6 is 0 Å². The van der Waals surface area contributed by atoms with Crippen molar-refractivity contribution in [2.45, 2.75) is 66.5 Å². The number of aliphatic imine (C=N–C) groups is 1. The van der Waals surface area contributed by atoms with Crippen molar-refractivity contribution in [3.63, 3.8) is 0 Å². The quantitative estimate of drug-likeness (QED) is 0.611. The Kier molecular flexibility index (Phi) is 6.87. The summed E-state index contributed by atoms with van der Waals surface area (Å²) in [6.45, 7) is 17.4. The zero-order valence-corrected chi connectivity index (χ0v) is 16.8. The Balaban J connectivity index is 1.94. The molecule has 0 bridgehead atoms. The lowest BCUT2D eigenvalue weighted by Gasteiger charge is -2.43. The third-order valence-corrected chi connectivity index (χ3v) is 4.99. The van der Waals surface area contributed by atoms with Crippen LogP contribution in [0.3, 0.4) is 0 Å². The zero-order valence-electron chi connectivity index (χ0n) is 16.8. The van der Waals surface area contributed by atoms with E-state index in [4.69, 9.17) is 4.42 Å². The predicted molar refractivity (Wildman–Crippen MR) is 103 cm³/mol. The molecule has 0 aliphatic carbocycles. The number of oxazole rings is 1. The molecule has 0 saturated carbocycles. The Morgan fingerprint density at radius 3 is 2.72 bits per heavy atom. The maximum Gasteiger partial charge on any atom is 0.216 e. The van der Waals surface area contributed by atoms with E-state index in [1.54, 1.807) is 0 Å². The number of nitrogens with zero attached hydrogens (tertiary/aromatic N) is 3. The summed E-state index contributed by atoms with van der Waals surface area (Å²) in [6.07, 6.45) is 2.64. The number of hydrogen-bond donors (Lipinski definition) is 2. The first-order valence-corrected chi connectivity index (χ1v) is 9.52. The van der Waals surface area contributed by atoms with Crippen LogP contribution in [0.1, 0.15) is 57.9 Å². The van der Waals surface area contributed by atoms with Gasteiger partial charge in [0.1, 0.15) is 12.3 Å². The van der Waals surface area contributed by atoms with Crippen molar-refractivity contribution < 1.29 is 4.42 Å². The van der Waals surface area contributed by atoms with Crippen molar-refractivity contribution in [2.24, 2.45) is 10.9 Å². The maximum atomic E-state index is 5.61. The van der Waals surface area contributed by atoms with Gasteiger partial charge in [-0.1, -0.05) is 6.92 Å². The highest BCUT2D eigenvalue weighted by Crippen LogP contribution is 2.23. The summed E-state index contributed by atoms with van der Waals surface area (Å²) in [5, 5.41) is 6.80. The van der Waals surface area contributed by atoms with Crippen molar-refractivity contribution in [3.05, 3.63) is 17.3 Å². The molecule has 1 aliphatic rings. The number of aryl methyl sites for hydroxylation is 2. The molecule has 6 nitrogen and oxygen atoms in total. The summed E-state index contributed by atoms with van der Waals surface area (Å²) in [7, 11) is 0. The fourth-order valence-corrected chi connectivity index (χ4v) is 3.25. The van der Waals surface area contributed by atoms with Gasteiger partial charge in [-0.15, -0.1) is 0 Å². The molecule has 1 aliphatic heterocycles. The fourth-order valence-electron chi connectivity index (χ4n) is 3.25. The summed E-state index contributed by atoms with van der Waals surface area (Å²) in [5.74, 6) is 3.13. The highest BCUT2D eigenvalue weighted by Gasteiger charge is 2.30. The summed E-state index contributed by atoms with van der Waals surface area (Å²) >= 11 is 0. The zero-order chi connectivity index (χ0) is 18.4. The normalized spacial score (nSPS) is 19.9. The molecule has 142 valence electrons. The number of likely N-dealkylation sites (tertiary alicyclic amines) is 1. The van der Waals surface area contributed by atoms with Crippen LogP contribution in [0.25, 0.3) is 0 Å². The van der Waals surface area contributed by atoms with Gasteiger partial charge in [0.15, 0.2) is 5.96 Å². The van der Waals surface area contributed by atoms with Gasteiger partial charge in [0.2, 0.25) is 5.89 Å². The molecule has 2 heterocycles. The molecular weight excluding hydrogens is 314 g/mol. The Labute approximate surface area is 152 Å². The van der Waals surface area contributed by atoms with E-state index in [0.717, 1.165) is 36.4 Å². The van der Waals surface area contributed by atoms with Crippen LogP contribution in [0.2, 0.25) is 0 Å². The highest BCUT2D eigenvalue weighted by molar-refractivity contribution is 5.79. The monoisotopic (exact) mass is 349 g/mol. The Morgan fingerprint density at radius 1 is 1.36 bits per heavy atom. The van der Waals surface area contributed by atoms with E-state index < -0.39 is 0 Å². The maximum absolute atomic E-state index is 5.61. The van der Waals surface area contributed by atoms with Gasteiger partial charge >= 0.3 is 0 Å². The number of piperidine rings is 1. The Morgan fingerprint density at radius 2 is 2.12 bits per heavy atom. The van der Waals surface area contributed by atoms with Crippen LogP contribution in [0.15, 0.2) is 9.41 Å². The first-order chi connectivity index (χ1) is 11.8. The summed E-state index contributed by atoms with van der Waals surface area (Å²) in [6, 6.07) is 0. The van der Waals surface area contributed by atoms with Crippen molar-refractivity contribution >= 4 is 5.96 Å². The van der Waals surface area contributed by atoms with E-state index in [0.29, 0.717) is 12.4 Å². The van der Waals surface area contributed by atoms with Gasteiger partial charge in [-0.2, -0.15) is 0 Å². The predicted octanol–water partition coefficient (Wildman–Crippen LogP) is 2.86. The molecule has 25 heavy (non-hydrogen) atoms. The number of hydrogen-bond acceptors (Lipinski definition) is 4. The Hall–Kier alpha value is -1.56. The fraction of sp³-hybridized carbons (Fsp3) is 0.789. The van der Waals surface area contributed by atoms with E-state index in [1.165, 1.54) is 25.9 Å². The first kappa shape index (κ1) is 19.8. The second-order valence-corrected chi connectivity index (χ2v) is 7.80. The SMILES string of the molecule is CCNC(=NCc1nc(C)c(C)o1)NCC(C)(C)N1CCCC(C)C1. The standard InChI is InChI=1S/C19H35N5O/c1-7-20-18(21-11-17-23-15(3)16(4)25-17)22-13-19(5,6)24-10-8-9-14(2)12-24/h14H,7-13H2,1-6H3,(H2,20,21,22). The Bertz CT molecular complexity index is 559. The van der Waals surface area contributed by atoms with Gasteiger partial charge in [0.25, 0.3) is 0 Å². The average Bonchev–Trinajstić information content (AvgIpc) is 2.88. The van der Waals surface area contributed by atoms with Crippen LogP contribution in [-0.4, -0.2) is 47.6 Å².